The lowest BCUT2D eigenvalue weighted by Gasteiger charge is -2.17. The lowest BCUT2D eigenvalue weighted by molar-refractivity contribution is -0.383. The van der Waals surface area contributed by atoms with Crippen molar-refractivity contribution in [2.24, 2.45) is 7.05 Å². The zero-order chi connectivity index (χ0) is 15.6. The third-order valence-corrected chi connectivity index (χ3v) is 3.12. The molecule has 0 bridgehead atoms. The summed E-state index contributed by atoms with van der Waals surface area (Å²) in [6.45, 7) is 0.306. The van der Waals surface area contributed by atoms with Crippen LogP contribution in [0.25, 0.3) is 0 Å². The lowest BCUT2D eigenvalue weighted by atomic mass is 10.1. The van der Waals surface area contributed by atoms with Crippen LogP contribution in [0.2, 0.25) is 0 Å². The smallest absolute Gasteiger partial charge is 0.292 e. The minimum Gasteiger partial charge on any atom is -0.393 e. The molecule has 1 heterocycles. The number of aryl methyl sites for hydroxylation is 1. The summed E-state index contributed by atoms with van der Waals surface area (Å²) in [5.41, 5.74) is 5.49. The van der Waals surface area contributed by atoms with Gasteiger partial charge >= 0.3 is 0 Å². The van der Waals surface area contributed by atoms with Crippen molar-refractivity contribution in [1.82, 2.24) is 14.5 Å². The molecule has 0 aliphatic heterocycles. The molecule has 0 atom stereocenters. The number of carbonyl (C=O) groups excluding carboxylic acids is 1. The third kappa shape index (κ3) is 2.99. The molecule has 1 aromatic carbocycles. The number of aromatic nitrogens is 2. The Kier molecular flexibility index (Phi) is 3.88. The largest absolute Gasteiger partial charge is 0.393 e. The van der Waals surface area contributed by atoms with E-state index < -0.39 is 4.92 Å². The molecule has 1 aromatic heterocycles. The Morgan fingerprint density at radius 3 is 2.81 bits per heavy atom. The van der Waals surface area contributed by atoms with E-state index in [-0.39, 0.29) is 22.8 Å². The van der Waals surface area contributed by atoms with Gasteiger partial charge in [-0.25, -0.2) is 4.98 Å². The average Bonchev–Trinajstić information content (AvgIpc) is 2.83. The zero-order valence-electron chi connectivity index (χ0n) is 11.7. The number of anilines is 1. The molecule has 0 radical (unpaired) electrons. The van der Waals surface area contributed by atoms with Gasteiger partial charge in [0.2, 0.25) is 0 Å². The summed E-state index contributed by atoms with van der Waals surface area (Å²) in [5.74, 6) is 0.386. The Bertz CT molecular complexity index is 695. The molecule has 0 fully saturated rings. The van der Waals surface area contributed by atoms with Crippen LogP contribution < -0.4 is 5.73 Å². The van der Waals surface area contributed by atoms with E-state index in [1.54, 1.807) is 24.0 Å². The van der Waals surface area contributed by atoms with Crippen molar-refractivity contribution in [2.75, 3.05) is 12.8 Å². The van der Waals surface area contributed by atoms with Crippen LogP contribution in [0.3, 0.4) is 0 Å². The highest BCUT2D eigenvalue weighted by Gasteiger charge is 2.19. The van der Waals surface area contributed by atoms with E-state index >= 15 is 0 Å². The molecular formula is C13H15N5O3. The number of amides is 1. The molecule has 8 heteroatoms. The number of nitrogens with two attached hydrogens (primary N) is 1. The second-order valence-electron chi connectivity index (χ2n) is 4.65. The van der Waals surface area contributed by atoms with Crippen LogP contribution in [0.5, 0.6) is 0 Å². The van der Waals surface area contributed by atoms with Crippen molar-refractivity contribution in [3.05, 3.63) is 52.1 Å². The van der Waals surface area contributed by atoms with E-state index in [1.165, 1.54) is 23.1 Å². The summed E-state index contributed by atoms with van der Waals surface area (Å²) in [5, 5.41) is 10.9. The predicted molar refractivity (Wildman–Crippen MR) is 76.5 cm³/mol. The van der Waals surface area contributed by atoms with Gasteiger partial charge in [0.25, 0.3) is 11.6 Å². The number of nitrogens with zero attached hydrogens (tertiary/aromatic N) is 4. The van der Waals surface area contributed by atoms with E-state index in [0.29, 0.717) is 6.54 Å². The van der Waals surface area contributed by atoms with E-state index in [4.69, 9.17) is 5.73 Å². The van der Waals surface area contributed by atoms with Gasteiger partial charge in [-0.3, -0.25) is 14.9 Å². The number of rotatable bonds is 4. The summed E-state index contributed by atoms with van der Waals surface area (Å²) in [4.78, 5) is 28.1. The van der Waals surface area contributed by atoms with Gasteiger partial charge in [0, 0.05) is 38.1 Å². The van der Waals surface area contributed by atoms with Crippen molar-refractivity contribution in [3.8, 4) is 0 Å². The zero-order valence-corrected chi connectivity index (χ0v) is 11.7. The van der Waals surface area contributed by atoms with E-state index in [2.05, 4.69) is 4.98 Å². The first-order chi connectivity index (χ1) is 9.90. The van der Waals surface area contributed by atoms with E-state index in [9.17, 15) is 14.9 Å². The molecule has 0 saturated carbocycles. The molecule has 2 aromatic rings. The van der Waals surface area contributed by atoms with Crippen molar-refractivity contribution >= 4 is 17.3 Å². The van der Waals surface area contributed by atoms with Crippen LogP contribution in [0.15, 0.2) is 30.6 Å². The monoisotopic (exact) mass is 289 g/mol. The van der Waals surface area contributed by atoms with Crippen molar-refractivity contribution in [3.63, 3.8) is 0 Å². The molecule has 0 aliphatic carbocycles. The van der Waals surface area contributed by atoms with Gasteiger partial charge < -0.3 is 15.2 Å². The van der Waals surface area contributed by atoms with Crippen LogP contribution in [-0.2, 0) is 13.6 Å². The van der Waals surface area contributed by atoms with Gasteiger partial charge in [-0.15, -0.1) is 0 Å². The molecule has 0 saturated heterocycles. The van der Waals surface area contributed by atoms with E-state index in [0.717, 1.165) is 5.82 Å². The molecule has 21 heavy (non-hydrogen) atoms. The maximum Gasteiger partial charge on any atom is 0.292 e. The van der Waals surface area contributed by atoms with E-state index in [1.807, 2.05) is 7.05 Å². The van der Waals surface area contributed by atoms with Crippen molar-refractivity contribution < 1.29 is 9.72 Å². The first-order valence-corrected chi connectivity index (χ1v) is 6.15. The van der Waals surface area contributed by atoms with Crippen LogP contribution in [0.1, 0.15) is 16.2 Å². The number of carbonyl (C=O) groups is 1. The topological polar surface area (TPSA) is 107 Å². The highest BCUT2D eigenvalue weighted by molar-refractivity contribution is 5.95. The molecule has 0 spiro atoms. The first kappa shape index (κ1) is 14.5. The average molecular weight is 289 g/mol. The fourth-order valence-electron chi connectivity index (χ4n) is 1.89. The maximum absolute atomic E-state index is 12.3. The standard InChI is InChI=1S/C13H15N5O3/c1-16-6-5-15-12(16)8-17(2)13(19)9-3-4-10(14)11(7-9)18(20)21/h3-7H,8,14H2,1-2H3. The summed E-state index contributed by atoms with van der Waals surface area (Å²) in [6.07, 6.45) is 3.42. The summed E-state index contributed by atoms with van der Waals surface area (Å²) < 4.78 is 1.80. The Morgan fingerprint density at radius 1 is 1.52 bits per heavy atom. The summed E-state index contributed by atoms with van der Waals surface area (Å²) >= 11 is 0. The number of nitro groups is 1. The minimum atomic E-state index is -0.606. The fraction of sp³-hybridized carbons (Fsp3) is 0.231. The number of nitro benzene ring substituents is 1. The van der Waals surface area contributed by atoms with Gasteiger partial charge in [0.1, 0.15) is 11.5 Å². The highest BCUT2D eigenvalue weighted by Crippen LogP contribution is 2.23. The van der Waals surface area contributed by atoms with Crippen LogP contribution in [0, 0.1) is 10.1 Å². The molecule has 0 unspecified atom stereocenters. The Balaban J connectivity index is 2.21. The number of hydrogen-bond donors (Lipinski definition) is 1. The van der Waals surface area contributed by atoms with Gasteiger partial charge in [-0.1, -0.05) is 0 Å². The van der Waals surface area contributed by atoms with Crippen LogP contribution in [0.4, 0.5) is 11.4 Å². The molecule has 110 valence electrons. The molecule has 1 amide bonds. The maximum atomic E-state index is 12.3. The summed E-state index contributed by atoms with van der Waals surface area (Å²) in [6, 6.07) is 4.02. The second-order valence-corrected chi connectivity index (χ2v) is 4.65. The SMILES string of the molecule is CN(Cc1nccn1C)C(=O)c1ccc(N)c([N+](=O)[O-])c1. The number of benzene rings is 1. The molecule has 0 aliphatic rings. The molecule has 2 rings (SSSR count). The highest BCUT2D eigenvalue weighted by atomic mass is 16.6. The quantitative estimate of drug-likeness (QED) is 0.516. The van der Waals surface area contributed by atoms with Gasteiger partial charge in [0.05, 0.1) is 11.5 Å². The van der Waals surface area contributed by atoms with Crippen molar-refractivity contribution in [1.29, 1.82) is 0 Å². The fourth-order valence-corrected chi connectivity index (χ4v) is 1.89. The summed E-state index contributed by atoms with van der Waals surface area (Å²) in [7, 11) is 3.44. The van der Waals surface area contributed by atoms with Crippen LogP contribution >= 0.6 is 0 Å². The lowest BCUT2D eigenvalue weighted by Crippen LogP contribution is -2.27. The first-order valence-electron chi connectivity index (χ1n) is 6.15. The number of imidazole rings is 1. The predicted octanol–water partition coefficient (Wildman–Crippen LogP) is 1.18. The Morgan fingerprint density at radius 2 is 2.24 bits per heavy atom. The molecular weight excluding hydrogens is 274 g/mol. The Hall–Kier alpha value is -2.90. The second kappa shape index (κ2) is 5.61. The van der Waals surface area contributed by atoms with Crippen molar-refractivity contribution in [2.45, 2.75) is 6.54 Å². The van der Waals surface area contributed by atoms with Crippen LogP contribution in [-0.4, -0.2) is 32.3 Å². The number of nitrogen functional groups attached to an aromatic ring is 1. The Labute approximate surface area is 121 Å². The van der Waals surface area contributed by atoms with Gasteiger partial charge in [-0.2, -0.15) is 0 Å². The third-order valence-electron chi connectivity index (χ3n) is 3.12. The molecule has 2 N–H and O–H groups in total. The normalized spacial score (nSPS) is 10.4. The van der Waals surface area contributed by atoms with Gasteiger partial charge in [-0.05, 0) is 12.1 Å². The van der Waals surface area contributed by atoms with Gasteiger partial charge in [0.15, 0.2) is 0 Å². The number of hydrogen-bond acceptors (Lipinski definition) is 5. The minimum absolute atomic E-state index is 0.0308. The molecule has 8 nitrogen and oxygen atoms in total.